The lowest BCUT2D eigenvalue weighted by Gasteiger charge is -2.38. The van der Waals surface area contributed by atoms with Crippen molar-refractivity contribution in [3.63, 3.8) is 0 Å². The van der Waals surface area contributed by atoms with E-state index < -0.39 is 0 Å². The van der Waals surface area contributed by atoms with Gasteiger partial charge in [-0.3, -0.25) is 14.3 Å². The largest absolute Gasteiger partial charge is 0.490 e. The molecule has 0 radical (unpaired) electrons. The number of rotatable bonds is 4. The molecule has 3 aromatic carbocycles. The van der Waals surface area contributed by atoms with Crippen molar-refractivity contribution in [1.29, 1.82) is 0 Å². The molecule has 7 rings (SSSR count). The van der Waals surface area contributed by atoms with E-state index in [1.807, 2.05) is 48.2 Å². The maximum atomic E-state index is 14.3. The molecule has 1 fully saturated rings. The number of ether oxygens (including phenoxy) is 2. The van der Waals surface area contributed by atoms with E-state index in [1.54, 1.807) is 0 Å². The maximum Gasteiger partial charge on any atom is 0.254 e. The summed E-state index contributed by atoms with van der Waals surface area (Å²) in [5.41, 5.74) is 5.71. The van der Waals surface area contributed by atoms with Crippen LogP contribution in [0.15, 0.2) is 84.1 Å². The third-order valence-corrected chi connectivity index (χ3v) is 8.06. The van der Waals surface area contributed by atoms with E-state index in [4.69, 9.17) is 14.5 Å². The first-order chi connectivity index (χ1) is 19.7. The maximum absolute atomic E-state index is 14.3. The summed E-state index contributed by atoms with van der Waals surface area (Å²) in [6.07, 6.45) is 0.840. The highest BCUT2D eigenvalue weighted by atomic mass is 16.5. The predicted octanol–water partition coefficient (Wildman–Crippen LogP) is 4.83. The molecule has 0 spiro atoms. The van der Waals surface area contributed by atoms with Gasteiger partial charge < -0.3 is 19.7 Å². The Morgan fingerprint density at radius 3 is 2.50 bits per heavy atom. The number of piperazine rings is 1. The Kier molecular flexibility index (Phi) is 6.40. The number of nitrogens with zero attached hydrogens (tertiary/aromatic N) is 4. The fourth-order valence-electron chi connectivity index (χ4n) is 6.03. The topological polar surface area (TPSA) is 71.9 Å². The average Bonchev–Trinajstić information content (AvgIpc) is 3.18. The Balaban J connectivity index is 1.23. The smallest absolute Gasteiger partial charge is 0.254 e. The van der Waals surface area contributed by atoms with Gasteiger partial charge in [-0.25, -0.2) is 4.98 Å². The number of benzene rings is 3. The van der Waals surface area contributed by atoms with Crippen LogP contribution in [-0.2, 0) is 11.3 Å². The third-order valence-electron chi connectivity index (χ3n) is 8.06. The van der Waals surface area contributed by atoms with Gasteiger partial charge in [-0.05, 0) is 42.3 Å². The molecule has 4 heterocycles. The van der Waals surface area contributed by atoms with E-state index in [1.165, 1.54) is 5.56 Å². The molecule has 0 bridgehead atoms. The second kappa shape index (κ2) is 10.4. The minimum Gasteiger partial charge on any atom is -0.490 e. The first-order valence-corrected chi connectivity index (χ1v) is 14.1. The molecule has 1 unspecified atom stereocenters. The van der Waals surface area contributed by atoms with Crippen molar-refractivity contribution >= 4 is 22.9 Å². The van der Waals surface area contributed by atoms with E-state index in [0.717, 1.165) is 71.4 Å². The Morgan fingerprint density at radius 1 is 0.925 bits per heavy atom. The monoisotopic (exact) mass is 535 g/mol. The molecular formula is C32H33N5O3. The molecule has 4 aromatic rings. The Hall–Kier alpha value is -4.30. The number of hydrogen-bond donors (Lipinski definition) is 1. The van der Waals surface area contributed by atoms with Crippen molar-refractivity contribution in [2.24, 2.45) is 0 Å². The van der Waals surface area contributed by atoms with Gasteiger partial charge >= 0.3 is 0 Å². The molecule has 40 heavy (non-hydrogen) atoms. The van der Waals surface area contributed by atoms with Gasteiger partial charge in [0.1, 0.15) is 0 Å². The van der Waals surface area contributed by atoms with Gasteiger partial charge in [0, 0.05) is 44.8 Å². The van der Waals surface area contributed by atoms with E-state index in [0.29, 0.717) is 26.3 Å². The van der Waals surface area contributed by atoms with E-state index in [-0.39, 0.29) is 11.9 Å². The molecule has 8 nitrogen and oxygen atoms in total. The summed E-state index contributed by atoms with van der Waals surface area (Å²) in [4.78, 5) is 23.6. The zero-order valence-electron chi connectivity index (χ0n) is 22.7. The second-order valence-electron chi connectivity index (χ2n) is 10.7. The number of para-hydroxylation sites is 2. The molecule has 1 aromatic heterocycles. The van der Waals surface area contributed by atoms with E-state index in [2.05, 4.69) is 51.2 Å². The standard InChI is InChI=1S/C32H33N5O3/c1-22-29(31(38)36-16-14-35(15-17-36)21-23-8-3-2-4-9-23)30(24-12-13-27-28(20-24)40-19-7-18-39-27)37-26-11-6-5-10-25(26)34-32(37)33-22/h2-6,8-13,20,30H,7,14-19,21H2,1H3,(H,33,34). The number of allylic oxidation sites excluding steroid dienone is 1. The highest BCUT2D eigenvalue weighted by Crippen LogP contribution is 2.42. The molecule has 0 saturated carbocycles. The number of amides is 1. The van der Waals surface area contributed by atoms with Crippen molar-refractivity contribution in [2.45, 2.75) is 25.9 Å². The number of aromatic nitrogens is 2. The quantitative estimate of drug-likeness (QED) is 0.404. The second-order valence-corrected chi connectivity index (χ2v) is 10.7. The van der Waals surface area contributed by atoms with Crippen LogP contribution in [0.4, 0.5) is 5.95 Å². The number of carbonyl (C=O) groups is 1. The van der Waals surface area contributed by atoms with Gasteiger partial charge in [0.05, 0.1) is 35.9 Å². The number of fused-ring (bicyclic) bond motifs is 4. The van der Waals surface area contributed by atoms with Gasteiger partial charge in [0.15, 0.2) is 11.5 Å². The van der Waals surface area contributed by atoms with Crippen molar-refractivity contribution in [2.75, 3.05) is 44.7 Å². The van der Waals surface area contributed by atoms with Crippen molar-refractivity contribution in [1.82, 2.24) is 19.4 Å². The molecule has 1 amide bonds. The van der Waals surface area contributed by atoms with Gasteiger partial charge in [0.25, 0.3) is 5.91 Å². The summed E-state index contributed by atoms with van der Waals surface area (Å²) in [7, 11) is 0. The lowest BCUT2D eigenvalue weighted by atomic mass is 9.93. The van der Waals surface area contributed by atoms with E-state index >= 15 is 0 Å². The molecule has 204 valence electrons. The number of imidazole rings is 1. The summed E-state index contributed by atoms with van der Waals surface area (Å²) >= 11 is 0. The summed E-state index contributed by atoms with van der Waals surface area (Å²) in [6.45, 7) is 7.18. The van der Waals surface area contributed by atoms with E-state index in [9.17, 15) is 4.79 Å². The molecule has 1 atom stereocenters. The molecule has 1 saturated heterocycles. The lowest BCUT2D eigenvalue weighted by Crippen LogP contribution is -2.49. The fraction of sp³-hybridized carbons (Fsp3) is 0.312. The first-order valence-electron chi connectivity index (χ1n) is 14.1. The van der Waals surface area contributed by atoms with Gasteiger partial charge in [-0.1, -0.05) is 48.5 Å². The Labute approximate surface area is 233 Å². The molecule has 8 heteroatoms. The van der Waals surface area contributed by atoms with Crippen molar-refractivity contribution in [3.05, 3.63) is 95.2 Å². The molecule has 3 aliphatic heterocycles. The van der Waals surface area contributed by atoms with Crippen LogP contribution in [0.2, 0.25) is 0 Å². The van der Waals surface area contributed by atoms with Crippen LogP contribution in [-0.4, -0.2) is 64.7 Å². The third kappa shape index (κ3) is 4.48. The fourth-order valence-corrected chi connectivity index (χ4v) is 6.03. The SMILES string of the molecule is CC1=C(C(=O)N2CCN(Cc3ccccc3)CC2)C(c2ccc3c(c2)OCCCO3)n2c(nc3ccccc32)N1. The Bertz CT molecular complexity index is 1590. The van der Waals surface area contributed by atoms with Crippen LogP contribution in [0.1, 0.15) is 30.5 Å². The summed E-state index contributed by atoms with van der Waals surface area (Å²) in [5.74, 6) is 2.26. The zero-order valence-corrected chi connectivity index (χ0v) is 22.7. The molecule has 3 aliphatic rings. The minimum atomic E-state index is -0.351. The number of nitrogens with one attached hydrogen (secondary N) is 1. The molecular weight excluding hydrogens is 502 g/mol. The van der Waals surface area contributed by atoms with Crippen LogP contribution in [0.3, 0.4) is 0 Å². The minimum absolute atomic E-state index is 0.0601. The van der Waals surface area contributed by atoms with Gasteiger partial charge in [-0.15, -0.1) is 0 Å². The van der Waals surface area contributed by atoms with Crippen molar-refractivity contribution < 1.29 is 14.3 Å². The lowest BCUT2D eigenvalue weighted by molar-refractivity contribution is -0.129. The van der Waals surface area contributed by atoms with Crippen LogP contribution < -0.4 is 14.8 Å². The molecule has 0 aliphatic carbocycles. The van der Waals surface area contributed by atoms with Crippen LogP contribution in [0.25, 0.3) is 11.0 Å². The highest BCUT2D eigenvalue weighted by molar-refractivity contribution is 5.98. The number of hydrogen-bond acceptors (Lipinski definition) is 6. The molecule has 1 N–H and O–H groups in total. The van der Waals surface area contributed by atoms with Crippen LogP contribution >= 0.6 is 0 Å². The zero-order chi connectivity index (χ0) is 27.1. The number of carbonyl (C=O) groups excluding carboxylic acids is 1. The van der Waals surface area contributed by atoms with Crippen LogP contribution in [0, 0.1) is 0 Å². The van der Waals surface area contributed by atoms with Crippen LogP contribution in [0.5, 0.6) is 11.5 Å². The first kappa shape index (κ1) is 24.7. The average molecular weight is 536 g/mol. The van der Waals surface area contributed by atoms with Gasteiger partial charge in [-0.2, -0.15) is 0 Å². The summed E-state index contributed by atoms with van der Waals surface area (Å²) < 4.78 is 14.1. The van der Waals surface area contributed by atoms with Crippen molar-refractivity contribution in [3.8, 4) is 11.5 Å². The summed E-state index contributed by atoms with van der Waals surface area (Å²) in [6, 6.07) is 24.3. The van der Waals surface area contributed by atoms with Gasteiger partial charge in [0.2, 0.25) is 5.95 Å². The number of anilines is 1. The highest BCUT2D eigenvalue weighted by Gasteiger charge is 2.37. The normalized spacial score (nSPS) is 19.2. The Morgan fingerprint density at radius 2 is 1.68 bits per heavy atom. The summed E-state index contributed by atoms with van der Waals surface area (Å²) in [5, 5.41) is 3.45. The predicted molar refractivity (Wildman–Crippen MR) is 155 cm³/mol.